The Kier molecular flexibility index (Phi) is 13.1. The summed E-state index contributed by atoms with van der Waals surface area (Å²) < 4.78 is 44.1. The Bertz CT molecular complexity index is 1100. The van der Waals surface area contributed by atoms with Gasteiger partial charge in [0.25, 0.3) is 0 Å². The third-order valence-corrected chi connectivity index (χ3v) is 31.3. The maximum absolute atomic E-state index is 6.85. The Morgan fingerprint density at radius 3 is 0.736 bits per heavy atom. The standard InChI is InChI=1S/C37H76N12P4/c1-40(53(47-32-14-15-33-47,48-34-16-17-35-48)49-36-18-19-37-49)50(38-51(41-20-2-3-21-41,42-22-4-5-23-42)43-24-6-7-25-43)39-52(44-26-8-9-27-44,45-28-10-11-29-45)46-30-12-13-31-46/h53H,2-37H2,1H3. The molecule has 9 aliphatic rings. The van der Waals surface area contributed by atoms with Gasteiger partial charge in [0.15, 0.2) is 0 Å². The van der Waals surface area contributed by atoms with E-state index in [2.05, 4.69) is 53.5 Å². The average Bonchev–Trinajstić information content (AvgIpc) is 4.05. The third-order valence-electron chi connectivity index (χ3n) is 14.5. The second-order valence-corrected chi connectivity index (χ2v) is 29.9. The van der Waals surface area contributed by atoms with Crippen molar-refractivity contribution >= 4 is 31.3 Å². The van der Waals surface area contributed by atoms with Crippen LogP contribution in [0, 0.1) is 0 Å². The predicted octanol–water partition coefficient (Wildman–Crippen LogP) is 8.31. The fourth-order valence-corrected chi connectivity index (χ4v) is 32.9. The first-order chi connectivity index (χ1) is 26.2. The minimum atomic E-state index is -2.50. The number of hydrogen-bond acceptors (Lipinski definition) is 6. The normalized spacial score (nSPS) is 29.9. The van der Waals surface area contributed by atoms with Crippen molar-refractivity contribution < 1.29 is 0 Å². The van der Waals surface area contributed by atoms with Crippen LogP contribution in [0.2, 0.25) is 0 Å². The third kappa shape index (κ3) is 7.21. The Morgan fingerprint density at radius 1 is 0.340 bits per heavy atom. The molecule has 0 aromatic carbocycles. The van der Waals surface area contributed by atoms with Crippen LogP contribution in [0.1, 0.15) is 116 Å². The van der Waals surface area contributed by atoms with Crippen LogP contribution in [-0.2, 0) is 0 Å². The predicted molar refractivity (Wildman–Crippen MR) is 229 cm³/mol. The second-order valence-electron chi connectivity index (χ2n) is 17.7. The van der Waals surface area contributed by atoms with Crippen molar-refractivity contribution in [3.8, 4) is 0 Å². The molecular weight excluding hydrogens is 736 g/mol. The van der Waals surface area contributed by atoms with Gasteiger partial charge in [0, 0.05) is 0 Å². The summed E-state index contributed by atoms with van der Waals surface area (Å²) in [5.74, 6) is 0. The van der Waals surface area contributed by atoms with Crippen molar-refractivity contribution in [3.63, 3.8) is 0 Å². The van der Waals surface area contributed by atoms with Crippen molar-refractivity contribution in [1.29, 1.82) is 0 Å². The van der Waals surface area contributed by atoms with E-state index in [4.69, 9.17) is 9.03 Å². The average molecular weight is 813 g/mol. The van der Waals surface area contributed by atoms with Gasteiger partial charge in [-0.3, -0.25) is 0 Å². The molecule has 0 N–H and O–H groups in total. The van der Waals surface area contributed by atoms with E-state index in [-0.39, 0.29) is 0 Å². The monoisotopic (exact) mass is 813 g/mol. The quantitative estimate of drug-likeness (QED) is 0.170. The van der Waals surface area contributed by atoms with Gasteiger partial charge in [-0.25, -0.2) is 0 Å². The molecule has 53 heavy (non-hydrogen) atoms. The molecule has 9 heterocycles. The summed E-state index contributed by atoms with van der Waals surface area (Å²) >= 11 is 0. The molecule has 0 aromatic rings. The molecule has 0 unspecified atom stereocenters. The summed E-state index contributed by atoms with van der Waals surface area (Å²) in [4.78, 5) is 0. The van der Waals surface area contributed by atoms with E-state index in [1.54, 1.807) is 0 Å². The molecule has 0 bridgehead atoms. The summed E-state index contributed by atoms with van der Waals surface area (Å²) in [5, 5.41) is 0. The van der Waals surface area contributed by atoms with Gasteiger partial charge >= 0.3 is 327 Å². The zero-order valence-corrected chi connectivity index (χ0v) is 37.3. The fourth-order valence-electron chi connectivity index (χ4n) is 12.0. The first kappa shape index (κ1) is 39.4. The van der Waals surface area contributed by atoms with E-state index in [1.807, 2.05) is 0 Å². The Hall–Kier alpha value is 0.920. The summed E-state index contributed by atoms with van der Waals surface area (Å²) in [7, 11) is -5.32. The molecule has 0 amide bonds. The van der Waals surface area contributed by atoms with Gasteiger partial charge in [-0.2, -0.15) is 0 Å². The molecule has 16 heteroatoms. The van der Waals surface area contributed by atoms with E-state index >= 15 is 0 Å². The molecule has 0 spiro atoms. The summed E-state index contributed by atoms with van der Waals surface area (Å²) in [6.07, 6.45) is 24.2. The van der Waals surface area contributed by atoms with E-state index in [0.717, 1.165) is 0 Å². The topological polar surface area (TPSA) is 57.1 Å². The van der Waals surface area contributed by atoms with Crippen molar-refractivity contribution in [3.05, 3.63) is 0 Å². The van der Waals surface area contributed by atoms with E-state index in [9.17, 15) is 0 Å². The first-order valence-corrected chi connectivity index (χ1v) is 28.9. The zero-order chi connectivity index (χ0) is 35.7. The molecule has 9 saturated heterocycles. The molecule has 0 aromatic heterocycles. The van der Waals surface area contributed by atoms with Crippen LogP contribution in [0.25, 0.3) is 0 Å². The van der Waals surface area contributed by atoms with Crippen LogP contribution in [0.5, 0.6) is 0 Å². The summed E-state index contributed by atoms with van der Waals surface area (Å²) in [6.45, 7) is 22.4. The van der Waals surface area contributed by atoms with Crippen molar-refractivity contribution in [1.82, 2.24) is 46.5 Å². The van der Waals surface area contributed by atoms with Crippen LogP contribution in [-0.4, -0.2) is 171 Å². The Labute approximate surface area is 326 Å². The van der Waals surface area contributed by atoms with Gasteiger partial charge < -0.3 is 0 Å². The van der Waals surface area contributed by atoms with E-state index in [1.165, 1.54) is 233 Å². The van der Waals surface area contributed by atoms with Crippen LogP contribution in [0.3, 0.4) is 0 Å². The molecule has 0 saturated carbocycles. The van der Waals surface area contributed by atoms with Crippen LogP contribution < -0.4 is 0 Å². The van der Waals surface area contributed by atoms with Gasteiger partial charge in [0.05, 0.1) is 0 Å². The van der Waals surface area contributed by atoms with Gasteiger partial charge in [0.1, 0.15) is 0 Å². The molecular formula is C37H76N12P4. The van der Waals surface area contributed by atoms with Crippen molar-refractivity contribution in [2.45, 2.75) is 116 Å². The van der Waals surface area contributed by atoms with Crippen molar-refractivity contribution in [2.75, 3.05) is 125 Å². The van der Waals surface area contributed by atoms with Crippen LogP contribution >= 0.6 is 31.3 Å². The second kappa shape index (κ2) is 17.6. The molecule has 12 nitrogen and oxygen atoms in total. The number of hydrogen-bond donors (Lipinski definition) is 0. The SMILES string of the molecule is CN(P(N=P(N1CCCC1)(N1CCCC1)N1CCCC1)N=P(N1CCCC1)(N1CCCC1)N1CCCC1)[PH](N1CCCC1)(N1CCCC1)N1CCCC1. The molecule has 9 rings (SSSR count). The minimum absolute atomic E-state index is 1.16. The Balaban J connectivity index is 1.32. The summed E-state index contributed by atoms with van der Waals surface area (Å²) in [5.41, 5.74) is 0. The van der Waals surface area contributed by atoms with Crippen LogP contribution in [0.15, 0.2) is 9.03 Å². The number of nitrogens with zero attached hydrogens (tertiary/aromatic N) is 12. The fraction of sp³-hybridized carbons (Fsp3) is 1.00. The van der Waals surface area contributed by atoms with Crippen molar-refractivity contribution in [2.24, 2.45) is 9.03 Å². The van der Waals surface area contributed by atoms with E-state index in [0.29, 0.717) is 0 Å². The molecule has 0 aliphatic carbocycles. The summed E-state index contributed by atoms with van der Waals surface area (Å²) in [6, 6.07) is 0. The van der Waals surface area contributed by atoms with Crippen LogP contribution in [0.4, 0.5) is 0 Å². The molecule has 0 atom stereocenters. The maximum atomic E-state index is 6.85. The zero-order valence-electron chi connectivity index (χ0n) is 33.7. The number of rotatable bonds is 13. The van der Waals surface area contributed by atoms with Gasteiger partial charge in [-0.15, -0.1) is 0 Å². The molecule has 9 aliphatic heterocycles. The molecule has 0 radical (unpaired) electrons. The van der Waals surface area contributed by atoms with Gasteiger partial charge in [-0.1, -0.05) is 0 Å². The van der Waals surface area contributed by atoms with Gasteiger partial charge in [-0.05, 0) is 0 Å². The van der Waals surface area contributed by atoms with E-state index < -0.39 is 31.3 Å². The molecule has 304 valence electrons. The first-order valence-electron chi connectivity index (χ1n) is 22.7. The molecule has 9 fully saturated rings. The Morgan fingerprint density at radius 2 is 0.528 bits per heavy atom. The van der Waals surface area contributed by atoms with Gasteiger partial charge in [0.2, 0.25) is 0 Å².